The molecule has 0 spiro atoms. The molecule has 0 saturated carbocycles. The van der Waals surface area contributed by atoms with Crippen LogP contribution in [-0.4, -0.2) is 0 Å². The van der Waals surface area contributed by atoms with Crippen molar-refractivity contribution in [1.29, 1.82) is 0 Å². The third-order valence-corrected chi connectivity index (χ3v) is 1.82. The van der Waals surface area contributed by atoms with Crippen LogP contribution in [0.3, 0.4) is 0 Å². The second-order valence-electron chi connectivity index (χ2n) is 2.00. The summed E-state index contributed by atoms with van der Waals surface area (Å²) in [5.74, 6) is 0. The van der Waals surface area contributed by atoms with Gasteiger partial charge in [0.05, 0.1) is 6.61 Å². The highest BCUT2D eigenvalue weighted by Crippen LogP contribution is 2.20. The maximum Gasteiger partial charge on any atom is 0.0606 e. The van der Waals surface area contributed by atoms with E-state index >= 15 is 0 Å². The van der Waals surface area contributed by atoms with Gasteiger partial charge in [0.1, 0.15) is 0 Å². The van der Waals surface area contributed by atoms with Gasteiger partial charge >= 0.3 is 0 Å². The maximum atomic E-state index is 9.74. The zero-order valence-corrected chi connectivity index (χ0v) is 7.02. The molecule has 0 saturated heterocycles. The van der Waals surface area contributed by atoms with Gasteiger partial charge in [0.25, 0.3) is 0 Å². The van der Waals surface area contributed by atoms with Crippen molar-refractivity contribution >= 4 is 23.2 Å². The van der Waals surface area contributed by atoms with E-state index in [0.29, 0.717) is 15.6 Å². The highest BCUT2D eigenvalue weighted by atomic mass is 35.5. The molecule has 0 atom stereocenters. The summed E-state index contributed by atoms with van der Waals surface area (Å²) in [4.78, 5) is 3.67. The first kappa shape index (κ1) is 8.81. The second-order valence-corrected chi connectivity index (χ2v) is 2.84. The number of benzene rings is 1. The SMILES string of the molecule is [O-]OCc1ccc(Cl)cc1Cl. The number of halogens is 2. The molecule has 2 nitrogen and oxygen atoms in total. The first-order valence-electron chi connectivity index (χ1n) is 2.92. The molecular formula is C7H5Cl2O2-. The lowest BCUT2D eigenvalue weighted by Crippen LogP contribution is -2.04. The molecule has 1 aromatic rings. The molecule has 0 radical (unpaired) electrons. The van der Waals surface area contributed by atoms with Crippen molar-refractivity contribution in [1.82, 2.24) is 0 Å². The molecule has 0 heterocycles. The van der Waals surface area contributed by atoms with Crippen LogP contribution in [0.1, 0.15) is 5.56 Å². The Morgan fingerprint density at radius 3 is 2.64 bits per heavy atom. The molecule has 0 aliphatic rings. The lowest BCUT2D eigenvalue weighted by atomic mass is 10.2. The number of hydrogen-bond donors (Lipinski definition) is 0. The van der Waals surface area contributed by atoms with Gasteiger partial charge in [-0.25, -0.2) is 0 Å². The van der Waals surface area contributed by atoms with Gasteiger partial charge in [0, 0.05) is 10.0 Å². The maximum absolute atomic E-state index is 9.74. The van der Waals surface area contributed by atoms with E-state index in [9.17, 15) is 5.26 Å². The summed E-state index contributed by atoms with van der Waals surface area (Å²) in [6.45, 7) is -0.0317. The standard InChI is InChI=1S/C7H6Cl2O2/c8-6-2-1-5(4-11-10)7(9)3-6/h1-3,10H,4H2/p-1. The number of hydrogen-bond acceptors (Lipinski definition) is 2. The van der Waals surface area contributed by atoms with Crippen LogP contribution in [0, 0.1) is 0 Å². The van der Waals surface area contributed by atoms with Crippen molar-refractivity contribution in [2.45, 2.75) is 6.61 Å². The lowest BCUT2D eigenvalue weighted by Gasteiger charge is -2.07. The Kier molecular flexibility index (Phi) is 3.15. The molecule has 1 aromatic carbocycles. The fourth-order valence-corrected chi connectivity index (χ4v) is 1.17. The third-order valence-electron chi connectivity index (χ3n) is 1.23. The van der Waals surface area contributed by atoms with Crippen LogP contribution in [0.15, 0.2) is 18.2 Å². The highest BCUT2D eigenvalue weighted by Gasteiger charge is 1.98. The fourth-order valence-electron chi connectivity index (χ4n) is 0.702. The average Bonchev–Trinajstić information content (AvgIpc) is 1.95. The Balaban J connectivity index is 2.90. The van der Waals surface area contributed by atoms with Crippen LogP contribution in [0.2, 0.25) is 10.0 Å². The van der Waals surface area contributed by atoms with E-state index in [1.165, 1.54) is 0 Å². The smallest absolute Gasteiger partial charge is 0.0606 e. The lowest BCUT2D eigenvalue weighted by molar-refractivity contribution is -0.695. The van der Waals surface area contributed by atoms with E-state index < -0.39 is 0 Å². The Labute approximate surface area is 74.2 Å². The van der Waals surface area contributed by atoms with Crippen LogP contribution < -0.4 is 5.26 Å². The Hall–Kier alpha value is -0.280. The molecule has 0 unspecified atom stereocenters. The van der Waals surface area contributed by atoms with Gasteiger partial charge in [-0.05, 0) is 17.7 Å². The van der Waals surface area contributed by atoms with Gasteiger partial charge in [-0.15, -0.1) is 0 Å². The van der Waals surface area contributed by atoms with Gasteiger partial charge in [-0.3, -0.25) is 0 Å². The predicted molar refractivity (Wildman–Crippen MR) is 41.3 cm³/mol. The Morgan fingerprint density at radius 2 is 2.09 bits per heavy atom. The zero-order chi connectivity index (χ0) is 8.27. The predicted octanol–water partition coefficient (Wildman–Crippen LogP) is 1.79. The molecule has 0 aliphatic carbocycles. The summed E-state index contributed by atoms with van der Waals surface area (Å²) >= 11 is 11.3. The van der Waals surface area contributed by atoms with Gasteiger partial charge in [-0.2, -0.15) is 0 Å². The van der Waals surface area contributed by atoms with Gasteiger partial charge < -0.3 is 10.1 Å². The molecule has 1 rings (SSSR count). The van der Waals surface area contributed by atoms with Crippen molar-refractivity contribution < 1.29 is 10.1 Å². The summed E-state index contributed by atoms with van der Waals surface area (Å²) in [7, 11) is 0. The average molecular weight is 192 g/mol. The molecule has 0 aliphatic heterocycles. The van der Waals surface area contributed by atoms with Gasteiger partial charge in [0.2, 0.25) is 0 Å². The van der Waals surface area contributed by atoms with Crippen molar-refractivity contribution in [2.75, 3.05) is 0 Å². The molecule has 60 valence electrons. The van der Waals surface area contributed by atoms with Crippen molar-refractivity contribution in [3.63, 3.8) is 0 Å². The summed E-state index contributed by atoms with van der Waals surface area (Å²) < 4.78 is 0. The van der Waals surface area contributed by atoms with E-state index in [1.54, 1.807) is 18.2 Å². The molecule has 0 amide bonds. The molecule has 0 fully saturated rings. The van der Waals surface area contributed by atoms with E-state index in [4.69, 9.17) is 23.2 Å². The fraction of sp³-hybridized carbons (Fsp3) is 0.143. The van der Waals surface area contributed by atoms with Crippen LogP contribution in [-0.2, 0) is 11.5 Å². The Morgan fingerprint density at radius 1 is 1.36 bits per heavy atom. The van der Waals surface area contributed by atoms with Crippen molar-refractivity contribution in [3.05, 3.63) is 33.8 Å². The second kappa shape index (κ2) is 3.93. The minimum absolute atomic E-state index is 0.0317. The molecule has 0 aromatic heterocycles. The number of rotatable bonds is 2. The highest BCUT2D eigenvalue weighted by molar-refractivity contribution is 6.35. The van der Waals surface area contributed by atoms with E-state index in [-0.39, 0.29) is 6.61 Å². The quantitative estimate of drug-likeness (QED) is 0.528. The van der Waals surface area contributed by atoms with Crippen LogP contribution in [0.5, 0.6) is 0 Å². The summed E-state index contributed by atoms with van der Waals surface area (Å²) in [6, 6.07) is 4.88. The normalized spacial score (nSPS) is 10.1. The minimum atomic E-state index is -0.0317. The molecule has 4 heteroatoms. The summed E-state index contributed by atoms with van der Waals surface area (Å²) in [5.41, 5.74) is 0.645. The first-order valence-corrected chi connectivity index (χ1v) is 3.68. The zero-order valence-electron chi connectivity index (χ0n) is 5.51. The van der Waals surface area contributed by atoms with Crippen LogP contribution in [0.25, 0.3) is 0 Å². The van der Waals surface area contributed by atoms with Crippen molar-refractivity contribution in [3.8, 4) is 0 Å². The first-order chi connectivity index (χ1) is 5.24. The van der Waals surface area contributed by atoms with Crippen LogP contribution >= 0.6 is 23.2 Å². The van der Waals surface area contributed by atoms with E-state index in [0.717, 1.165) is 0 Å². The minimum Gasteiger partial charge on any atom is -0.723 e. The summed E-state index contributed by atoms with van der Waals surface area (Å²) in [6.07, 6.45) is 0. The largest absolute Gasteiger partial charge is 0.723 e. The van der Waals surface area contributed by atoms with Crippen LogP contribution in [0.4, 0.5) is 0 Å². The van der Waals surface area contributed by atoms with Crippen molar-refractivity contribution in [2.24, 2.45) is 0 Å². The van der Waals surface area contributed by atoms with Gasteiger partial charge in [0.15, 0.2) is 0 Å². The van der Waals surface area contributed by atoms with Gasteiger partial charge in [-0.1, -0.05) is 29.3 Å². The summed E-state index contributed by atoms with van der Waals surface area (Å²) in [5, 5.41) is 10.7. The third kappa shape index (κ3) is 2.34. The molecule has 11 heavy (non-hydrogen) atoms. The topological polar surface area (TPSA) is 32.3 Å². The monoisotopic (exact) mass is 191 g/mol. The van der Waals surface area contributed by atoms with E-state index in [1.807, 2.05) is 0 Å². The molecular weight excluding hydrogens is 187 g/mol. The molecule has 0 bridgehead atoms. The molecule has 0 N–H and O–H groups in total. The van der Waals surface area contributed by atoms with E-state index in [2.05, 4.69) is 4.89 Å². The Bertz CT molecular complexity index is 250.